The zero-order chi connectivity index (χ0) is 12.1. The lowest BCUT2D eigenvalue weighted by molar-refractivity contribution is -0.207. The van der Waals surface area contributed by atoms with E-state index in [0.29, 0.717) is 0 Å². The van der Waals surface area contributed by atoms with Crippen molar-refractivity contribution in [2.45, 2.75) is 0 Å². The van der Waals surface area contributed by atoms with Crippen molar-refractivity contribution in [2.75, 3.05) is 5.73 Å². The molecule has 0 aliphatic rings. The van der Waals surface area contributed by atoms with Crippen molar-refractivity contribution in [3.8, 4) is 5.75 Å². The third kappa shape index (κ3) is 2.74. The molecule has 0 saturated carbocycles. The van der Waals surface area contributed by atoms with Gasteiger partial charge in [-0.15, -0.1) is 0 Å². The van der Waals surface area contributed by atoms with E-state index < -0.39 is 11.9 Å². The molecule has 1 aromatic rings. The Labute approximate surface area is 90.8 Å². The number of hydrogen-bond acceptors (Lipinski definition) is 5. The molecule has 0 fully saturated rings. The van der Waals surface area contributed by atoms with E-state index in [1.54, 1.807) is 0 Å². The molecule has 1 rings (SSSR count). The lowest BCUT2D eigenvalue weighted by Crippen LogP contribution is -2.08. The summed E-state index contributed by atoms with van der Waals surface area (Å²) in [6.45, 7) is 3.15. The van der Waals surface area contributed by atoms with Gasteiger partial charge < -0.3 is 10.8 Å². The van der Waals surface area contributed by atoms with Crippen molar-refractivity contribution in [3.05, 3.63) is 36.4 Å². The molecule has 3 N–H and O–H groups in total. The summed E-state index contributed by atoms with van der Waals surface area (Å²) in [5.41, 5.74) is 5.56. The van der Waals surface area contributed by atoms with Gasteiger partial charge in [-0.1, -0.05) is 6.58 Å². The monoisotopic (exact) mass is 223 g/mol. The minimum atomic E-state index is -1.22. The van der Waals surface area contributed by atoms with E-state index >= 15 is 0 Å². The molecule has 0 saturated heterocycles. The fourth-order valence-electron chi connectivity index (χ4n) is 0.905. The molecule has 0 radical (unpaired) electrons. The fraction of sp³-hybridized carbons (Fsp3) is 0. The lowest BCUT2D eigenvalue weighted by Gasteiger charge is -2.06. The summed E-state index contributed by atoms with van der Waals surface area (Å²) in [6, 6.07) is 3.88. The number of anilines is 1. The summed E-state index contributed by atoms with van der Waals surface area (Å²) in [5.74, 6) is -2.20. The Morgan fingerprint density at radius 1 is 1.44 bits per heavy atom. The van der Waals surface area contributed by atoms with Gasteiger partial charge in [-0.05, 0) is 12.1 Å². The molecule has 0 aromatic heterocycles. The summed E-state index contributed by atoms with van der Waals surface area (Å²) in [6.07, 6.45) is 0.882. The van der Waals surface area contributed by atoms with Crippen LogP contribution in [0.1, 0.15) is 10.4 Å². The second-order valence-corrected chi connectivity index (χ2v) is 2.75. The minimum Gasteiger partial charge on any atom is -0.478 e. The van der Waals surface area contributed by atoms with Crippen molar-refractivity contribution in [3.63, 3.8) is 0 Å². The van der Waals surface area contributed by atoms with E-state index in [0.717, 1.165) is 6.08 Å². The van der Waals surface area contributed by atoms with Gasteiger partial charge in [0.2, 0.25) is 0 Å². The quantitative estimate of drug-likeness (QED) is 0.342. The molecule has 0 spiro atoms. The van der Waals surface area contributed by atoms with Crippen LogP contribution in [0.25, 0.3) is 0 Å². The molecule has 0 atom stereocenters. The largest absolute Gasteiger partial charge is 0.478 e. The Morgan fingerprint density at radius 3 is 2.69 bits per heavy atom. The average molecular weight is 223 g/mol. The van der Waals surface area contributed by atoms with Crippen LogP contribution in [0.3, 0.4) is 0 Å². The third-order valence-electron chi connectivity index (χ3n) is 1.62. The van der Waals surface area contributed by atoms with E-state index in [-0.39, 0.29) is 17.0 Å². The number of carbonyl (C=O) groups excluding carboxylic acids is 1. The van der Waals surface area contributed by atoms with Crippen LogP contribution in [0.2, 0.25) is 0 Å². The summed E-state index contributed by atoms with van der Waals surface area (Å²) < 4.78 is 0. The Hall–Kier alpha value is -2.50. The lowest BCUT2D eigenvalue weighted by atomic mass is 10.2. The number of benzene rings is 1. The molecule has 0 aliphatic heterocycles. The van der Waals surface area contributed by atoms with E-state index in [1.807, 2.05) is 0 Å². The Bertz CT molecular complexity index is 441. The first-order chi connectivity index (χ1) is 7.54. The highest BCUT2D eigenvalue weighted by Crippen LogP contribution is 2.22. The van der Waals surface area contributed by atoms with Gasteiger partial charge in [0, 0.05) is 17.8 Å². The van der Waals surface area contributed by atoms with Gasteiger partial charge in [0.1, 0.15) is 5.56 Å². The van der Waals surface area contributed by atoms with Crippen molar-refractivity contribution in [2.24, 2.45) is 0 Å². The topological polar surface area (TPSA) is 98.9 Å². The molecule has 0 heterocycles. The maximum atomic E-state index is 10.8. The molecule has 6 heteroatoms. The molecular weight excluding hydrogens is 214 g/mol. The average Bonchev–Trinajstić information content (AvgIpc) is 2.25. The maximum Gasteiger partial charge on any atom is 0.378 e. The zero-order valence-corrected chi connectivity index (χ0v) is 8.17. The van der Waals surface area contributed by atoms with Gasteiger partial charge in [0.25, 0.3) is 0 Å². The summed E-state index contributed by atoms with van der Waals surface area (Å²) >= 11 is 0. The Kier molecular flexibility index (Phi) is 3.49. The number of nitrogen functional groups attached to an aromatic ring is 1. The van der Waals surface area contributed by atoms with Crippen LogP contribution in [-0.2, 0) is 9.68 Å². The predicted molar refractivity (Wildman–Crippen MR) is 54.7 cm³/mol. The van der Waals surface area contributed by atoms with Gasteiger partial charge in [0.15, 0.2) is 5.75 Å². The summed E-state index contributed by atoms with van der Waals surface area (Å²) in [7, 11) is 0. The normalized spacial score (nSPS) is 9.25. The number of hydrogen-bond donors (Lipinski definition) is 2. The SMILES string of the molecule is C=CC(=O)OOc1cc(N)ccc1C(=O)O. The molecule has 0 bridgehead atoms. The van der Waals surface area contributed by atoms with Crippen molar-refractivity contribution in [1.82, 2.24) is 0 Å². The fourth-order valence-corrected chi connectivity index (χ4v) is 0.905. The van der Waals surface area contributed by atoms with E-state index in [9.17, 15) is 9.59 Å². The van der Waals surface area contributed by atoms with Crippen molar-refractivity contribution in [1.29, 1.82) is 0 Å². The zero-order valence-electron chi connectivity index (χ0n) is 8.17. The number of carboxylic acids is 1. The van der Waals surface area contributed by atoms with Crippen LogP contribution < -0.4 is 10.6 Å². The summed E-state index contributed by atoms with van der Waals surface area (Å²) in [5, 5.41) is 8.80. The second kappa shape index (κ2) is 4.83. The van der Waals surface area contributed by atoms with Gasteiger partial charge >= 0.3 is 11.9 Å². The molecule has 1 aromatic carbocycles. The highest BCUT2D eigenvalue weighted by Gasteiger charge is 2.13. The van der Waals surface area contributed by atoms with E-state index in [1.165, 1.54) is 18.2 Å². The molecule has 84 valence electrons. The minimum absolute atomic E-state index is 0.150. The van der Waals surface area contributed by atoms with Crippen LogP contribution in [0.15, 0.2) is 30.9 Å². The van der Waals surface area contributed by atoms with Crippen LogP contribution in [0.5, 0.6) is 5.75 Å². The van der Waals surface area contributed by atoms with Gasteiger partial charge in [-0.25, -0.2) is 14.5 Å². The number of nitrogens with two attached hydrogens (primary N) is 1. The third-order valence-corrected chi connectivity index (χ3v) is 1.62. The Balaban J connectivity index is 2.92. The molecule has 0 amide bonds. The summed E-state index contributed by atoms with van der Waals surface area (Å²) in [4.78, 5) is 30.3. The van der Waals surface area contributed by atoms with Gasteiger partial charge in [0.05, 0.1) is 0 Å². The second-order valence-electron chi connectivity index (χ2n) is 2.75. The molecule has 6 nitrogen and oxygen atoms in total. The first kappa shape index (κ1) is 11.6. The first-order valence-corrected chi connectivity index (χ1v) is 4.18. The predicted octanol–water partition coefficient (Wildman–Crippen LogP) is 0.990. The van der Waals surface area contributed by atoms with Crippen LogP contribution >= 0.6 is 0 Å². The maximum absolute atomic E-state index is 10.8. The first-order valence-electron chi connectivity index (χ1n) is 4.18. The van der Waals surface area contributed by atoms with Crippen molar-refractivity contribution < 1.29 is 24.5 Å². The van der Waals surface area contributed by atoms with Crippen molar-refractivity contribution >= 4 is 17.6 Å². The number of rotatable bonds is 4. The van der Waals surface area contributed by atoms with Crippen LogP contribution in [0.4, 0.5) is 5.69 Å². The number of carboxylic acid groups (broad SMARTS) is 1. The molecular formula is C10H9NO5. The highest BCUT2D eigenvalue weighted by molar-refractivity contribution is 5.91. The molecule has 0 unspecified atom stereocenters. The smallest absolute Gasteiger partial charge is 0.378 e. The highest BCUT2D eigenvalue weighted by atomic mass is 17.2. The van der Waals surface area contributed by atoms with Crippen LogP contribution in [0, 0.1) is 0 Å². The molecule has 16 heavy (non-hydrogen) atoms. The van der Waals surface area contributed by atoms with Gasteiger partial charge in [-0.3, -0.25) is 4.89 Å². The van der Waals surface area contributed by atoms with E-state index in [2.05, 4.69) is 16.4 Å². The number of carbonyl (C=O) groups is 2. The van der Waals surface area contributed by atoms with E-state index in [4.69, 9.17) is 10.8 Å². The number of aromatic carboxylic acids is 1. The standard InChI is InChI=1S/C10H9NO5/c1-2-9(12)16-15-8-5-6(11)3-4-7(8)10(13)14/h2-5H,1,11H2,(H,13,14). The Morgan fingerprint density at radius 2 is 2.12 bits per heavy atom. The van der Waals surface area contributed by atoms with Crippen LogP contribution in [-0.4, -0.2) is 17.0 Å². The van der Waals surface area contributed by atoms with Gasteiger partial charge in [-0.2, -0.15) is 0 Å². The molecule has 0 aliphatic carbocycles.